The van der Waals surface area contributed by atoms with Crippen molar-refractivity contribution in [3.8, 4) is 0 Å². The highest BCUT2D eigenvalue weighted by Gasteiger charge is 2.18. The predicted octanol–water partition coefficient (Wildman–Crippen LogP) is 1.95. The molecule has 1 aliphatic carbocycles. The summed E-state index contributed by atoms with van der Waals surface area (Å²) in [6.07, 6.45) is 9.82. The lowest BCUT2D eigenvalue weighted by Crippen LogP contribution is -2.46. The van der Waals surface area contributed by atoms with Gasteiger partial charge in [-0.15, -0.1) is 0 Å². The van der Waals surface area contributed by atoms with Crippen LogP contribution in [0.2, 0.25) is 0 Å². The van der Waals surface area contributed by atoms with Crippen molar-refractivity contribution in [2.45, 2.75) is 70.4 Å². The van der Waals surface area contributed by atoms with Gasteiger partial charge in [0.05, 0.1) is 6.04 Å². The maximum atomic E-state index is 11.1. The summed E-state index contributed by atoms with van der Waals surface area (Å²) in [6.45, 7) is 2.01. The molecule has 88 valence electrons. The summed E-state index contributed by atoms with van der Waals surface area (Å²) in [4.78, 5) is 11.1. The molecule has 0 aromatic rings. The molecule has 15 heavy (non-hydrogen) atoms. The first-order valence-corrected chi connectivity index (χ1v) is 6.29. The normalized spacial score (nSPS) is 21.7. The third-order valence-corrected chi connectivity index (χ3v) is 3.29. The highest BCUT2D eigenvalue weighted by molar-refractivity contribution is 5.79. The molecule has 1 fully saturated rings. The Balaban J connectivity index is 2.36. The number of nitrogens with two attached hydrogens (primary N) is 1. The van der Waals surface area contributed by atoms with Gasteiger partial charge < -0.3 is 11.1 Å². The fourth-order valence-corrected chi connectivity index (χ4v) is 2.31. The van der Waals surface area contributed by atoms with E-state index >= 15 is 0 Å². The van der Waals surface area contributed by atoms with Crippen molar-refractivity contribution in [1.29, 1.82) is 0 Å². The van der Waals surface area contributed by atoms with Crippen molar-refractivity contribution < 1.29 is 4.79 Å². The molecule has 0 heterocycles. The second-order valence-corrected chi connectivity index (χ2v) is 4.57. The van der Waals surface area contributed by atoms with Crippen LogP contribution in [0.4, 0.5) is 0 Å². The molecule has 0 saturated heterocycles. The van der Waals surface area contributed by atoms with Crippen LogP contribution >= 0.6 is 0 Å². The Bertz CT molecular complexity index is 186. The van der Waals surface area contributed by atoms with Crippen LogP contribution < -0.4 is 11.1 Å². The molecule has 1 unspecified atom stereocenters. The van der Waals surface area contributed by atoms with E-state index in [0.717, 1.165) is 6.42 Å². The third kappa shape index (κ3) is 4.65. The molecule has 1 amide bonds. The van der Waals surface area contributed by atoms with Crippen molar-refractivity contribution in [3.05, 3.63) is 0 Å². The van der Waals surface area contributed by atoms with Gasteiger partial charge >= 0.3 is 0 Å². The zero-order valence-electron chi connectivity index (χ0n) is 9.80. The van der Waals surface area contributed by atoms with Crippen molar-refractivity contribution >= 4 is 5.91 Å². The van der Waals surface area contributed by atoms with Crippen molar-refractivity contribution in [1.82, 2.24) is 5.32 Å². The minimum absolute atomic E-state index is 0.130. The van der Waals surface area contributed by atoms with E-state index in [-0.39, 0.29) is 11.9 Å². The molecule has 3 heteroatoms. The van der Waals surface area contributed by atoms with Crippen LogP contribution in [-0.2, 0) is 4.79 Å². The molecule has 1 saturated carbocycles. The topological polar surface area (TPSA) is 55.1 Å². The minimum Gasteiger partial charge on any atom is -0.368 e. The second kappa shape index (κ2) is 6.83. The summed E-state index contributed by atoms with van der Waals surface area (Å²) < 4.78 is 0. The Morgan fingerprint density at radius 3 is 2.27 bits per heavy atom. The standard InChI is InChI=1S/C12H24N2O/c1-2-11(12(13)15)14-10-8-6-4-3-5-7-9-10/h10-11,14H,2-9H2,1H3,(H2,13,15). The molecular weight excluding hydrogens is 188 g/mol. The monoisotopic (exact) mass is 212 g/mol. The Morgan fingerprint density at radius 1 is 1.27 bits per heavy atom. The quantitative estimate of drug-likeness (QED) is 0.748. The molecule has 3 nitrogen and oxygen atoms in total. The average Bonchev–Trinajstić information content (AvgIpc) is 2.15. The van der Waals surface area contributed by atoms with Gasteiger partial charge in [0.25, 0.3) is 0 Å². The molecule has 1 rings (SSSR count). The highest BCUT2D eigenvalue weighted by atomic mass is 16.1. The average molecular weight is 212 g/mol. The number of hydrogen-bond acceptors (Lipinski definition) is 2. The van der Waals surface area contributed by atoms with Crippen LogP contribution in [0.3, 0.4) is 0 Å². The van der Waals surface area contributed by atoms with Crippen LogP contribution in [-0.4, -0.2) is 18.0 Å². The molecule has 0 aliphatic heterocycles. The predicted molar refractivity (Wildman–Crippen MR) is 62.5 cm³/mol. The Morgan fingerprint density at radius 2 is 1.80 bits per heavy atom. The van der Waals surface area contributed by atoms with Gasteiger partial charge in [-0.1, -0.05) is 39.0 Å². The summed E-state index contributed by atoms with van der Waals surface area (Å²) in [5, 5.41) is 3.40. The molecule has 1 aliphatic rings. The van der Waals surface area contributed by atoms with Gasteiger partial charge in [0.1, 0.15) is 0 Å². The Hall–Kier alpha value is -0.570. The lowest BCUT2D eigenvalue weighted by Gasteiger charge is -2.24. The van der Waals surface area contributed by atoms with E-state index in [2.05, 4.69) is 5.32 Å². The van der Waals surface area contributed by atoms with Crippen LogP contribution in [0.25, 0.3) is 0 Å². The fraction of sp³-hybridized carbons (Fsp3) is 0.917. The van der Waals surface area contributed by atoms with E-state index in [1.165, 1.54) is 44.9 Å². The van der Waals surface area contributed by atoms with E-state index in [0.29, 0.717) is 6.04 Å². The first-order chi connectivity index (χ1) is 7.24. The van der Waals surface area contributed by atoms with Gasteiger partial charge in [-0.2, -0.15) is 0 Å². The van der Waals surface area contributed by atoms with Gasteiger partial charge in [0.2, 0.25) is 5.91 Å². The number of amides is 1. The lowest BCUT2D eigenvalue weighted by molar-refractivity contribution is -0.120. The SMILES string of the molecule is CCC(NC1CCCCCCC1)C(N)=O. The second-order valence-electron chi connectivity index (χ2n) is 4.57. The number of nitrogens with one attached hydrogen (secondary N) is 1. The maximum absolute atomic E-state index is 11.1. The summed E-state index contributed by atoms with van der Waals surface area (Å²) in [5.74, 6) is -0.209. The summed E-state index contributed by atoms with van der Waals surface area (Å²) in [7, 11) is 0. The van der Waals surface area contributed by atoms with Gasteiger partial charge in [0, 0.05) is 6.04 Å². The van der Waals surface area contributed by atoms with Gasteiger partial charge in [-0.05, 0) is 19.3 Å². The molecule has 3 N–H and O–H groups in total. The largest absolute Gasteiger partial charge is 0.368 e. The summed E-state index contributed by atoms with van der Waals surface area (Å²) in [5.41, 5.74) is 5.33. The maximum Gasteiger partial charge on any atom is 0.234 e. The zero-order chi connectivity index (χ0) is 11.1. The van der Waals surface area contributed by atoms with Crippen LogP contribution in [0.15, 0.2) is 0 Å². The Labute approximate surface area is 92.8 Å². The fourth-order valence-electron chi connectivity index (χ4n) is 2.31. The number of carbonyl (C=O) groups excluding carboxylic acids is 1. The number of hydrogen-bond donors (Lipinski definition) is 2. The van der Waals surface area contributed by atoms with Gasteiger partial charge in [-0.3, -0.25) is 4.79 Å². The number of rotatable bonds is 4. The first kappa shape index (κ1) is 12.5. The van der Waals surface area contributed by atoms with Gasteiger partial charge in [-0.25, -0.2) is 0 Å². The summed E-state index contributed by atoms with van der Waals surface area (Å²) in [6, 6.07) is 0.372. The number of carbonyl (C=O) groups is 1. The molecule has 0 aromatic heterocycles. The van der Waals surface area contributed by atoms with Crippen LogP contribution in [0.5, 0.6) is 0 Å². The van der Waals surface area contributed by atoms with Crippen molar-refractivity contribution in [3.63, 3.8) is 0 Å². The van der Waals surface area contributed by atoms with E-state index in [1.807, 2.05) is 6.92 Å². The molecular formula is C12H24N2O. The van der Waals surface area contributed by atoms with E-state index in [9.17, 15) is 4.79 Å². The molecule has 0 spiro atoms. The van der Waals surface area contributed by atoms with E-state index in [1.54, 1.807) is 0 Å². The number of primary amides is 1. The van der Waals surface area contributed by atoms with Crippen LogP contribution in [0.1, 0.15) is 58.3 Å². The third-order valence-electron chi connectivity index (χ3n) is 3.29. The lowest BCUT2D eigenvalue weighted by atomic mass is 9.96. The molecule has 1 atom stereocenters. The van der Waals surface area contributed by atoms with Gasteiger partial charge in [0.15, 0.2) is 0 Å². The smallest absolute Gasteiger partial charge is 0.234 e. The first-order valence-electron chi connectivity index (χ1n) is 6.29. The zero-order valence-corrected chi connectivity index (χ0v) is 9.80. The minimum atomic E-state index is -0.209. The van der Waals surface area contributed by atoms with Crippen LogP contribution in [0, 0.1) is 0 Å². The van der Waals surface area contributed by atoms with E-state index < -0.39 is 0 Å². The molecule has 0 radical (unpaired) electrons. The van der Waals surface area contributed by atoms with E-state index in [4.69, 9.17) is 5.73 Å². The summed E-state index contributed by atoms with van der Waals surface area (Å²) >= 11 is 0. The highest BCUT2D eigenvalue weighted by Crippen LogP contribution is 2.17. The molecule has 0 aromatic carbocycles. The molecule has 0 bridgehead atoms. The van der Waals surface area contributed by atoms with Crippen molar-refractivity contribution in [2.75, 3.05) is 0 Å². The Kier molecular flexibility index (Phi) is 5.69. The van der Waals surface area contributed by atoms with Crippen molar-refractivity contribution in [2.24, 2.45) is 5.73 Å².